The molecule has 0 aromatic heterocycles. The smallest absolute Gasteiger partial charge is 0.261 e. The number of benzene rings is 3. The van der Waals surface area contributed by atoms with E-state index in [2.05, 4.69) is 0 Å². The lowest BCUT2D eigenvalue weighted by molar-refractivity contribution is -0.122. The second-order valence-electron chi connectivity index (χ2n) is 9.32. The van der Waals surface area contributed by atoms with Crippen LogP contribution in [0.1, 0.15) is 38.3 Å². The van der Waals surface area contributed by atoms with E-state index in [-0.39, 0.29) is 30.9 Å². The lowest BCUT2D eigenvalue weighted by Crippen LogP contribution is -2.43. The number of nitrogens with zero attached hydrogens (tertiary/aromatic N) is 2. The number of carbonyl (C=O) groups excluding carboxylic acids is 3. The van der Waals surface area contributed by atoms with Gasteiger partial charge in [0, 0.05) is 30.4 Å². The molecular weight excluding hydrogens is 460 g/mol. The largest absolute Gasteiger partial charge is 0.491 e. The Morgan fingerprint density at radius 2 is 1.33 bits per heavy atom. The zero-order valence-corrected chi connectivity index (χ0v) is 19.4. The number of anilines is 1. The first-order valence-electron chi connectivity index (χ1n) is 12.0. The van der Waals surface area contributed by atoms with Crippen molar-refractivity contribution in [2.24, 2.45) is 0 Å². The van der Waals surface area contributed by atoms with Gasteiger partial charge in [-0.15, -0.1) is 0 Å². The van der Waals surface area contributed by atoms with Crippen LogP contribution in [0.4, 0.5) is 5.69 Å². The third-order valence-electron chi connectivity index (χ3n) is 7.45. The number of rotatable bonds is 4. The van der Waals surface area contributed by atoms with Crippen molar-refractivity contribution in [1.82, 2.24) is 4.90 Å². The molecule has 3 aromatic carbocycles. The topological polar surface area (TPSA) is 85.4 Å². The number of fused-ring (bicyclic) bond motifs is 6. The number of hydrogen-bond donors (Lipinski definition) is 0. The van der Waals surface area contributed by atoms with Crippen LogP contribution in [0.5, 0.6) is 17.2 Å². The summed E-state index contributed by atoms with van der Waals surface area (Å²) < 4.78 is 17.5. The number of imide groups is 1. The molecule has 3 aromatic rings. The van der Waals surface area contributed by atoms with Gasteiger partial charge in [0.1, 0.15) is 31.0 Å². The number of ether oxygens (including phenoxy) is 3. The van der Waals surface area contributed by atoms with Crippen molar-refractivity contribution in [1.29, 1.82) is 0 Å². The highest BCUT2D eigenvalue weighted by atomic mass is 16.6. The van der Waals surface area contributed by atoms with Crippen molar-refractivity contribution in [3.8, 4) is 17.2 Å². The summed E-state index contributed by atoms with van der Waals surface area (Å²) in [6.07, 6.45) is 0.455. The molecule has 7 rings (SSSR count). The van der Waals surface area contributed by atoms with Gasteiger partial charge in [-0.3, -0.25) is 19.3 Å². The van der Waals surface area contributed by atoms with Gasteiger partial charge in [0.05, 0.1) is 11.1 Å². The van der Waals surface area contributed by atoms with Gasteiger partial charge in [0.25, 0.3) is 11.8 Å². The van der Waals surface area contributed by atoms with E-state index in [0.29, 0.717) is 54.6 Å². The first kappa shape index (κ1) is 21.0. The molecule has 0 N–H and O–H groups in total. The fraction of sp³-hybridized carbons (Fsp3) is 0.250. The Labute approximate surface area is 207 Å². The maximum atomic E-state index is 14.1. The van der Waals surface area contributed by atoms with Gasteiger partial charge >= 0.3 is 0 Å². The number of carbonyl (C=O) groups is 3. The van der Waals surface area contributed by atoms with Gasteiger partial charge in [-0.05, 0) is 36.2 Å². The fourth-order valence-electron chi connectivity index (χ4n) is 5.76. The summed E-state index contributed by atoms with van der Waals surface area (Å²) in [7, 11) is 0. The Hall–Kier alpha value is -4.33. The van der Waals surface area contributed by atoms with Crippen molar-refractivity contribution in [2.45, 2.75) is 11.8 Å². The fourth-order valence-corrected chi connectivity index (χ4v) is 5.76. The summed E-state index contributed by atoms with van der Waals surface area (Å²) in [6, 6.07) is 18.2. The average Bonchev–Trinajstić information content (AvgIpc) is 3.49. The minimum absolute atomic E-state index is 0.0820. The summed E-state index contributed by atoms with van der Waals surface area (Å²) >= 11 is 0. The molecule has 4 aliphatic rings. The molecule has 1 spiro atoms. The van der Waals surface area contributed by atoms with Crippen molar-refractivity contribution in [2.75, 3.05) is 37.8 Å². The van der Waals surface area contributed by atoms with Gasteiger partial charge in [0.15, 0.2) is 11.5 Å². The van der Waals surface area contributed by atoms with E-state index in [1.165, 1.54) is 4.90 Å². The Morgan fingerprint density at radius 1 is 0.694 bits per heavy atom. The van der Waals surface area contributed by atoms with Crippen molar-refractivity contribution in [3.63, 3.8) is 0 Å². The van der Waals surface area contributed by atoms with Crippen LogP contribution in [0.15, 0.2) is 60.7 Å². The molecule has 3 amide bonds. The van der Waals surface area contributed by atoms with Gasteiger partial charge in [-0.2, -0.15) is 0 Å². The molecule has 36 heavy (non-hydrogen) atoms. The van der Waals surface area contributed by atoms with Crippen molar-refractivity contribution >= 4 is 23.4 Å². The van der Waals surface area contributed by atoms with E-state index >= 15 is 0 Å². The third-order valence-corrected chi connectivity index (χ3v) is 7.45. The van der Waals surface area contributed by atoms with Crippen LogP contribution < -0.4 is 19.1 Å². The standard InChI is InChI=1S/C28H22N2O6/c31-25-17-6-1-2-7-18(17)26(32)30(25)11-5-10-29-21-9-4-3-8-19(21)28(27(29)33)16-36-22-15-24-23(14-20(22)28)34-12-13-35-24/h1-4,6-9,14-15H,5,10-13,16H2. The molecule has 8 heteroatoms. The van der Waals surface area contributed by atoms with Gasteiger partial charge in [0.2, 0.25) is 5.91 Å². The predicted octanol–water partition coefficient (Wildman–Crippen LogP) is 3.17. The Morgan fingerprint density at radius 3 is 2.08 bits per heavy atom. The van der Waals surface area contributed by atoms with Crippen LogP contribution in [0.3, 0.4) is 0 Å². The minimum atomic E-state index is -0.975. The molecule has 180 valence electrons. The SMILES string of the molecule is O=C1c2ccccc2C(=O)N1CCCN1C(=O)C2(COc3cc4c(cc32)OCCO4)c2ccccc21. The van der Waals surface area contributed by atoms with Crippen LogP contribution in [-0.2, 0) is 10.2 Å². The first-order chi connectivity index (χ1) is 17.6. The lowest BCUT2D eigenvalue weighted by atomic mass is 9.77. The quantitative estimate of drug-likeness (QED) is 0.531. The van der Waals surface area contributed by atoms with Gasteiger partial charge in [-0.25, -0.2) is 0 Å². The monoisotopic (exact) mass is 482 g/mol. The first-order valence-corrected chi connectivity index (χ1v) is 12.0. The van der Waals surface area contributed by atoms with E-state index in [4.69, 9.17) is 14.2 Å². The number of hydrogen-bond acceptors (Lipinski definition) is 6. The molecule has 4 heterocycles. The highest BCUT2D eigenvalue weighted by Crippen LogP contribution is 2.54. The van der Waals surface area contributed by atoms with Crippen LogP contribution in [-0.4, -0.2) is 55.5 Å². The molecule has 0 radical (unpaired) electrons. The molecular formula is C28H22N2O6. The summed E-state index contributed by atoms with van der Waals surface area (Å²) in [5.41, 5.74) is 2.35. The second-order valence-corrected chi connectivity index (χ2v) is 9.32. The molecule has 0 saturated carbocycles. The van der Waals surface area contributed by atoms with Gasteiger partial charge < -0.3 is 19.1 Å². The molecule has 4 aliphatic heterocycles. The zero-order chi connectivity index (χ0) is 24.4. The number of para-hydroxylation sites is 1. The maximum Gasteiger partial charge on any atom is 0.261 e. The molecule has 0 aliphatic carbocycles. The third kappa shape index (κ3) is 2.72. The molecule has 0 bridgehead atoms. The highest BCUT2D eigenvalue weighted by Gasteiger charge is 2.57. The predicted molar refractivity (Wildman–Crippen MR) is 129 cm³/mol. The van der Waals surface area contributed by atoms with E-state index in [1.807, 2.05) is 30.3 Å². The zero-order valence-electron chi connectivity index (χ0n) is 19.4. The molecule has 0 saturated heterocycles. The Bertz CT molecular complexity index is 1430. The van der Waals surface area contributed by atoms with E-state index in [0.717, 1.165) is 16.8 Å². The second kappa shape index (κ2) is 7.58. The van der Waals surface area contributed by atoms with Gasteiger partial charge in [-0.1, -0.05) is 30.3 Å². The normalized spacial score (nSPS) is 21.1. The van der Waals surface area contributed by atoms with E-state index in [9.17, 15) is 14.4 Å². The Kier molecular flexibility index (Phi) is 4.42. The van der Waals surface area contributed by atoms with E-state index < -0.39 is 5.41 Å². The summed E-state index contributed by atoms with van der Waals surface area (Å²) in [5, 5.41) is 0. The highest BCUT2D eigenvalue weighted by molar-refractivity contribution is 6.21. The van der Waals surface area contributed by atoms with Crippen LogP contribution in [0.2, 0.25) is 0 Å². The lowest BCUT2D eigenvalue weighted by Gasteiger charge is -2.25. The maximum absolute atomic E-state index is 14.1. The van der Waals surface area contributed by atoms with Crippen molar-refractivity contribution < 1.29 is 28.6 Å². The summed E-state index contributed by atoms with van der Waals surface area (Å²) in [5.74, 6) is 1.19. The molecule has 1 atom stereocenters. The van der Waals surface area contributed by atoms with Crippen LogP contribution in [0.25, 0.3) is 0 Å². The molecule has 8 nitrogen and oxygen atoms in total. The Balaban J connectivity index is 1.18. The van der Waals surface area contributed by atoms with E-state index in [1.54, 1.807) is 35.2 Å². The van der Waals surface area contributed by atoms with Crippen molar-refractivity contribution in [3.05, 3.63) is 82.9 Å². The van der Waals surface area contributed by atoms with Crippen LogP contribution >= 0.6 is 0 Å². The van der Waals surface area contributed by atoms with Crippen LogP contribution in [0, 0.1) is 0 Å². The molecule has 1 unspecified atom stereocenters. The summed E-state index contributed by atoms with van der Waals surface area (Å²) in [4.78, 5) is 42.6. The average molecular weight is 482 g/mol. The summed E-state index contributed by atoms with van der Waals surface area (Å²) in [6.45, 7) is 1.71. The molecule has 0 fully saturated rings. The minimum Gasteiger partial charge on any atom is -0.491 e. The number of amides is 3.